The van der Waals surface area contributed by atoms with Crippen LogP contribution in [0.15, 0.2) is 18.2 Å². The van der Waals surface area contributed by atoms with Crippen LogP contribution in [0.2, 0.25) is 0 Å². The van der Waals surface area contributed by atoms with Crippen molar-refractivity contribution >= 4 is 17.1 Å². The fourth-order valence-electron chi connectivity index (χ4n) is 1.16. The summed E-state index contributed by atoms with van der Waals surface area (Å²) in [7, 11) is 5.45. The van der Waals surface area contributed by atoms with Gasteiger partial charge >= 0.3 is 0 Å². The van der Waals surface area contributed by atoms with Crippen molar-refractivity contribution < 1.29 is 4.92 Å². The Morgan fingerprint density at radius 1 is 1.43 bits per heavy atom. The number of nitrogens with one attached hydrogen (secondary N) is 1. The van der Waals surface area contributed by atoms with E-state index in [-0.39, 0.29) is 5.69 Å². The van der Waals surface area contributed by atoms with Gasteiger partial charge in [-0.15, -0.1) is 0 Å². The largest absolute Gasteiger partial charge is 0.383 e. The minimum Gasteiger partial charge on any atom is -0.383 e. The van der Waals surface area contributed by atoms with Gasteiger partial charge in [-0.3, -0.25) is 10.1 Å². The molecule has 0 unspecified atom stereocenters. The third kappa shape index (κ3) is 1.93. The Labute approximate surface area is 82.5 Å². The Balaban J connectivity index is 3.18. The van der Waals surface area contributed by atoms with E-state index in [1.807, 2.05) is 19.0 Å². The maximum Gasteiger partial charge on any atom is 0.292 e. The number of nitro groups is 1. The van der Waals surface area contributed by atoms with Crippen LogP contribution in [0.3, 0.4) is 0 Å². The van der Waals surface area contributed by atoms with Crippen LogP contribution in [-0.2, 0) is 0 Å². The summed E-state index contributed by atoms with van der Waals surface area (Å²) in [5.74, 6) is 0. The van der Waals surface area contributed by atoms with E-state index in [2.05, 4.69) is 5.32 Å². The molecule has 0 aliphatic heterocycles. The minimum atomic E-state index is -0.398. The average molecular weight is 195 g/mol. The molecule has 76 valence electrons. The molecule has 5 heteroatoms. The van der Waals surface area contributed by atoms with Crippen molar-refractivity contribution in [2.75, 3.05) is 31.4 Å². The van der Waals surface area contributed by atoms with E-state index >= 15 is 0 Å². The summed E-state index contributed by atoms with van der Waals surface area (Å²) in [6, 6.07) is 4.97. The normalized spacial score (nSPS) is 9.64. The predicted octanol–water partition coefficient (Wildman–Crippen LogP) is 1.70. The summed E-state index contributed by atoms with van der Waals surface area (Å²) in [4.78, 5) is 12.1. The molecule has 0 saturated heterocycles. The topological polar surface area (TPSA) is 58.4 Å². The van der Waals surface area contributed by atoms with Crippen LogP contribution in [0.25, 0.3) is 0 Å². The predicted molar refractivity (Wildman–Crippen MR) is 57.0 cm³/mol. The van der Waals surface area contributed by atoms with Crippen molar-refractivity contribution in [3.05, 3.63) is 28.3 Å². The van der Waals surface area contributed by atoms with Gasteiger partial charge in [-0.1, -0.05) is 0 Å². The number of nitro benzene ring substituents is 1. The molecule has 0 aliphatic carbocycles. The Morgan fingerprint density at radius 2 is 2.07 bits per heavy atom. The lowest BCUT2D eigenvalue weighted by molar-refractivity contribution is -0.383. The minimum absolute atomic E-state index is 0.0955. The van der Waals surface area contributed by atoms with Crippen LogP contribution in [0, 0.1) is 10.1 Å². The molecular formula is C9H13N3O2. The third-order valence-corrected chi connectivity index (χ3v) is 1.96. The van der Waals surface area contributed by atoms with E-state index in [0.717, 1.165) is 5.69 Å². The first-order valence-electron chi connectivity index (χ1n) is 4.19. The van der Waals surface area contributed by atoms with Gasteiger partial charge < -0.3 is 10.2 Å². The van der Waals surface area contributed by atoms with Crippen molar-refractivity contribution in [3.8, 4) is 0 Å². The molecular weight excluding hydrogens is 182 g/mol. The number of rotatable bonds is 3. The van der Waals surface area contributed by atoms with E-state index in [9.17, 15) is 10.1 Å². The van der Waals surface area contributed by atoms with Gasteiger partial charge in [0.25, 0.3) is 5.69 Å². The van der Waals surface area contributed by atoms with Crippen molar-refractivity contribution in [1.82, 2.24) is 0 Å². The fraction of sp³-hybridized carbons (Fsp3) is 0.333. The highest BCUT2D eigenvalue weighted by atomic mass is 16.6. The lowest BCUT2D eigenvalue weighted by atomic mass is 10.2. The highest BCUT2D eigenvalue weighted by molar-refractivity contribution is 5.68. The maximum atomic E-state index is 10.6. The van der Waals surface area contributed by atoms with Gasteiger partial charge in [-0.25, -0.2) is 0 Å². The molecule has 1 aromatic carbocycles. The first-order chi connectivity index (χ1) is 6.56. The molecule has 0 spiro atoms. The van der Waals surface area contributed by atoms with Crippen LogP contribution < -0.4 is 10.2 Å². The molecule has 0 fully saturated rings. The molecule has 1 rings (SSSR count). The standard InChI is InChI=1S/C9H13N3O2/c1-10-8-6-7(11(2)3)4-5-9(8)12(13)14/h4-6,10H,1-3H3. The number of benzene rings is 1. The lowest BCUT2D eigenvalue weighted by Gasteiger charge is -2.13. The molecule has 0 amide bonds. The summed E-state index contributed by atoms with van der Waals surface area (Å²) in [5.41, 5.74) is 1.55. The quantitative estimate of drug-likeness (QED) is 0.589. The number of nitrogens with zero attached hydrogens (tertiary/aromatic N) is 2. The SMILES string of the molecule is CNc1cc(N(C)C)ccc1[N+](=O)[O-]. The number of hydrogen-bond acceptors (Lipinski definition) is 4. The lowest BCUT2D eigenvalue weighted by Crippen LogP contribution is -2.09. The Hall–Kier alpha value is -1.78. The van der Waals surface area contributed by atoms with Gasteiger partial charge in [0.05, 0.1) is 4.92 Å². The van der Waals surface area contributed by atoms with Gasteiger partial charge in [0, 0.05) is 32.9 Å². The molecule has 0 heterocycles. The van der Waals surface area contributed by atoms with Gasteiger partial charge in [-0.2, -0.15) is 0 Å². The highest BCUT2D eigenvalue weighted by Crippen LogP contribution is 2.28. The monoisotopic (exact) mass is 195 g/mol. The second-order valence-electron chi connectivity index (χ2n) is 3.10. The molecule has 0 radical (unpaired) electrons. The molecule has 0 bridgehead atoms. The van der Waals surface area contributed by atoms with Crippen LogP contribution >= 0.6 is 0 Å². The molecule has 5 nitrogen and oxygen atoms in total. The smallest absolute Gasteiger partial charge is 0.292 e. The first kappa shape index (κ1) is 10.3. The van der Waals surface area contributed by atoms with Crippen molar-refractivity contribution in [1.29, 1.82) is 0 Å². The van der Waals surface area contributed by atoms with Crippen molar-refractivity contribution in [3.63, 3.8) is 0 Å². The van der Waals surface area contributed by atoms with Crippen molar-refractivity contribution in [2.24, 2.45) is 0 Å². The summed E-state index contributed by atoms with van der Waals surface area (Å²) in [5, 5.41) is 13.4. The second-order valence-corrected chi connectivity index (χ2v) is 3.10. The molecule has 0 aliphatic rings. The zero-order valence-electron chi connectivity index (χ0n) is 8.44. The van der Waals surface area contributed by atoms with E-state index in [1.54, 1.807) is 19.2 Å². The summed E-state index contributed by atoms with van der Waals surface area (Å²) < 4.78 is 0. The van der Waals surface area contributed by atoms with Crippen LogP contribution in [0.1, 0.15) is 0 Å². The van der Waals surface area contributed by atoms with Crippen molar-refractivity contribution in [2.45, 2.75) is 0 Å². The van der Waals surface area contributed by atoms with Crippen LogP contribution in [0.5, 0.6) is 0 Å². The zero-order chi connectivity index (χ0) is 10.7. The summed E-state index contributed by atoms with van der Waals surface area (Å²) >= 11 is 0. The molecule has 1 aromatic rings. The Bertz CT molecular complexity index is 350. The Morgan fingerprint density at radius 3 is 2.50 bits per heavy atom. The van der Waals surface area contributed by atoms with Gasteiger partial charge in [0.1, 0.15) is 5.69 Å². The van der Waals surface area contributed by atoms with E-state index < -0.39 is 4.92 Å². The van der Waals surface area contributed by atoms with Gasteiger partial charge in [0.15, 0.2) is 0 Å². The van der Waals surface area contributed by atoms with Crippen LogP contribution in [0.4, 0.5) is 17.1 Å². The average Bonchev–Trinajstić information content (AvgIpc) is 2.16. The molecule has 14 heavy (non-hydrogen) atoms. The molecule has 0 atom stereocenters. The van der Waals surface area contributed by atoms with Gasteiger partial charge in [0.2, 0.25) is 0 Å². The highest BCUT2D eigenvalue weighted by Gasteiger charge is 2.12. The first-order valence-corrected chi connectivity index (χ1v) is 4.19. The molecule has 0 aromatic heterocycles. The van der Waals surface area contributed by atoms with E-state index in [1.165, 1.54) is 6.07 Å². The summed E-state index contributed by atoms with van der Waals surface area (Å²) in [6.45, 7) is 0. The second kappa shape index (κ2) is 3.95. The van der Waals surface area contributed by atoms with E-state index in [4.69, 9.17) is 0 Å². The molecule has 0 saturated carbocycles. The summed E-state index contributed by atoms with van der Waals surface area (Å²) in [6.07, 6.45) is 0. The van der Waals surface area contributed by atoms with E-state index in [0.29, 0.717) is 5.69 Å². The fourth-order valence-corrected chi connectivity index (χ4v) is 1.16. The number of hydrogen-bond donors (Lipinski definition) is 1. The number of anilines is 2. The van der Waals surface area contributed by atoms with Gasteiger partial charge in [-0.05, 0) is 12.1 Å². The van der Waals surface area contributed by atoms with Crippen LogP contribution in [-0.4, -0.2) is 26.1 Å². The third-order valence-electron chi connectivity index (χ3n) is 1.96. The maximum absolute atomic E-state index is 10.6. The Kier molecular flexibility index (Phi) is 2.91. The zero-order valence-corrected chi connectivity index (χ0v) is 8.44. The molecule has 1 N–H and O–H groups in total.